The number of nitrogens with one attached hydrogen (secondary N) is 1. The molecule has 0 radical (unpaired) electrons. The molecule has 82 valence electrons. The third-order valence-electron chi connectivity index (χ3n) is 2.56. The van der Waals surface area contributed by atoms with Crippen LogP contribution in [0.25, 0.3) is 0 Å². The zero-order valence-electron chi connectivity index (χ0n) is 9.15. The molecule has 2 rings (SSSR count). The molecule has 1 aliphatic carbocycles. The number of carbonyl (C=O) groups excluding carboxylic acids is 1. The summed E-state index contributed by atoms with van der Waals surface area (Å²) in [5.74, 6) is -0.00889. The van der Waals surface area contributed by atoms with E-state index >= 15 is 0 Å². The minimum Gasteiger partial charge on any atom is -0.348 e. The predicted octanol–water partition coefficient (Wildman–Crippen LogP) is 2.58. The Kier molecular flexibility index (Phi) is 3.54. The van der Waals surface area contributed by atoms with Crippen LogP contribution in [0.1, 0.15) is 18.4 Å². The lowest BCUT2D eigenvalue weighted by atomic mass is 10.2. The fourth-order valence-electron chi connectivity index (χ4n) is 1.69. The van der Waals surface area contributed by atoms with Crippen molar-refractivity contribution in [3.05, 3.63) is 59.7 Å². The molecule has 16 heavy (non-hydrogen) atoms. The van der Waals surface area contributed by atoms with Gasteiger partial charge in [0, 0.05) is 12.6 Å². The van der Waals surface area contributed by atoms with Crippen LogP contribution in [0.4, 0.5) is 0 Å². The van der Waals surface area contributed by atoms with Crippen LogP contribution in [0.5, 0.6) is 0 Å². The quantitative estimate of drug-likeness (QED) is 0.768. The van der Waals surface area contributed by atoms with Crippen LogP contribution in [0, 0.1) is 0 Å². The van der Waals surface area contributed by atoms with E-state index < -0.39 is 0 Å². The lowest BCUT2D eigenvalue weighted by Crippen LogP contribution is -2.20. The smallest absolute Gasteiger partial charge is 0.244 e. The van der Waals surface area contributed by atoms with E-state index in [9.17, 15) is 4.79 Å². The molecule has 1 aliphatic rings. The molecule has 1 N–H and O–H groups in total. The monoisotopic (exact) mass is 213 g/mol. The van der Waals surface area contributed by atoms with E-state index in [2.05, 4.69) is 11.4 Å². The van der Waals surface area contributed by atoms with Gasteiger partial charge >= 0.3 is 0 Å². The van der Waals surface area contributed by atoms with Gasteiger partial charge in [-0.1, -0.05) is 42.5 Å². The van der Waals surface area contributed by atoms with Gasteiger partial charge < -0.3 is 5.32 Å². The second kappa shape index (κ2) is 5.31. The molecule has 1 aromatic rings. The number of hydrogen-bond donors (Lipinski definition) is 1. The first-order chi connectivity index (χ1) is 7.84. The van der Waals surface area contributed by atoms with Crippen molar-refractivity contribution in [3.8, 4) is 0 Å². The Balaban J connectivity index is 1.84. The zero-order chi connectivity index (χ0) is 11.2. The fourth-order valence-corrected chi connectivity index (χ4v) is 1.69. The molecule has 0 aromatic heterocycles. The number of benzene rings is 1. The van der Waals surface area contributed by atoms with Gasteiger partial charge in [0.2, 0.25) is 5.91 Å². The summed E-state index contributed by atoms with van der Waals surface area (Å²) in [5, 5.41) is 2.88. The van der Waals surface area contributed by atoms with Crippen LogP contribution in [0.3, 0.4) is 0 Å². The van der Waals surface area contributed by atoms with E-state index in [1.165, 1.54) is 0 Å². The summed E-state index contributed by atoms with van der Waals surface area (Å²) >= 11 is 0. The summed E-state index contributed by atoms with van der Waals surface area (Å²) in [4.78, 5) is 11.6. The number of rotatable bonds is 3. The molecule has 2 heteroatoms. The van der Waals surface area contributed by atoms with Gasteiger partial charge in [-0.05, 0) is 24.0 Å². The highest BCUT2D eigenvalue weighted by molar-refractivity contribution is 5.88. The highest BCUT2D eigenvalue weighted by atomic mass is 16.1. The summed E-state index contributed by atoms with van der Waals surface area (Å²) in [5.41, 5.74) is 2.24. The predicted molar refractivity (Wildman–Crippen MR) is 64.7 cm³/mol. The van der Waals surface area contributed by atoms with Gasteiger partial charge in [0.05, 0.1) is 0 Å². The van der Waals surface area contributed by atoms with Gasteiger partial charge in [0.15, 0.2) is 0 Å². The van der Waals surface area contributed by atoms with Crippen LogP contribution in [0.15, 0.2) is 54.1 Å². The van der Waals surface area contributed by atoms with Crippen molar-refractivity contribution in [1.82, 2.24) is 5.32 Å². The summed E-state index contributed by atoms with van der Waals surface area (Å²) in [6.45, 7) is 0.590. The SMILES string of the molecule is O=C(/C=C1\C=CCC1)NCc1ccccc1. The van der Waals surface area contributed by atoms with Crippen LogP contribution in [-0.2, 0) is 11.3 Å². The van der Waals surface area contributed by atoms with Gasteiger partial charge in [-0.15, -0.1) is 0 Å². The Morgan fingerprint density at radius 2 is 2.12 bits per heavy atom. The molecule has 0 heterocycles. The van der Waals surface area contributed by atoms with Gasteiger partial charge in [-0.25, -0.2) is 0 Å². The third-order valence-corrected chi connectivity index (χ3v) is 2.56. The number of carbonyl (C=O) groups is 1. The third kappa shape index (κ3) is 3.09. The minimum absolute atomic E-state index is 0.00889. The largest absolute Gasteiger partial charge is 0.348 e. The second-order valence-corrected chi connectivity index (χ2v) is 3.86. The average Bonchev–Trinajstić information content (AvgIpc) is 2.81. The average molecular weight is 213 g/mol. The van der Waals surface area contributed by atoms with Gasteiger partial charge in [-0.3, -0.25) is 4.79 Å². The van der Waals surface area contributed by atoms with Crippen molar-refractivity contribution in [2.24, 2.45) is 0 Å². The summed E-state index contributed by atoms with van der Waals surface area (Å²) < 4.78 is 0. The number of allylic oxidation sites excluding steroid dienone is 3. The second-order valence-electron chi connectivity index (χ2n) is 3.86. The zero-order valence-corrected chi connectivity index (χ0v) is 9.15. The van der Waals surface area contributed by atoms with E-state index in [0.29, 0.717) is 6.54 Å². The van der Waals surface area contributed by atoms with E-state index in [1.54, 1.807) is 6.08 Å². The number of hydrogen-bond acceptors (Lipinski definition) is 1. The maximum Gasteiger partial charge on any atom is 0.244 e. The summed E-state index contributed by atoms with van der Waals surface area (Å²) in [6, 6.07) is 9.92. The first kappa shape index (κ1) is 10.7. The van der Waals surface area contributed by atoms with Gasteiger partial charge in [0.25, 0.3) is 0 Å². The first-order valence-corrected chi connectivity index (χ1v) is 5.53. The standard InChI is InChI=1S/C14H15NO/c16-14(10-12-6-4-5-7-12)15-11-13-8-2-1-3-9-13/h1-4,6,8-10H,5,7,11H2,(H,15,16)/b12-10+. The van der Waals surface area contributed by atoms with Crippen molar-refractivity contribution < 1.29 is 4.79 Å². The minimum atomic E-state index is -0.00889. The Morgan fingerprint density at radius 3 is 2.81 bits per heavy atom. The maximum atomic E-state index is 11.6. The highest BCUT2D eigenvalue weighted by Crippen LogP contribution is 2.14. The number of amides is 1. The van der Waals surface area contributed by atoms with Crippen molar-refractivity contribution in [2.45, 2.75) is 19.4 Å². The van der Waals surface area contributed by atoms with Crippen molar-refractivity contribution in [2.75, 3.05) is 0 Å². The van der Waals surface area contributed by atoms with Gasteiger partial charge in [0.1, 0.15) is 0 Å². The normalized spacial score (nSPS) is 16.6. The van der Waals surface area contributed by atoms with Crippen LogP contribution in [-0.4, -0.2) is 5.91 Å². The van der Waals surface area contributed by atoms with Crippen LogP contribution >= 0.6 is 0 Å². The molecule has 0 fully saturated rings. The molecule has 2 nitrogen and oxygen atoms in total. The van der Waals surface area contributed by atoms with E-state index in [1.807, 2.05) is 36.4 Å². The molecule has 0 atom stereocenters. The molecule has 0 aliphatic heterocycles. The molecule has 0 spiro atoms. The molecular formula is C14H15NO. The molecular weight excluding hydrogens is 198 g/mol. The summed E-state index contributed by atoms with van der Waals surface area (Å²) in [6.07, 6.45) is 7.83. The summed E-state index contributed by atoms with van der Waals surface area (Å²) in [7, 11) is 0. The van der Waals surface area contributed by atoms with Crippen molar-refractivity contribution in [3.63, 3.8) is 0 Å². The lowest BCUT2D eigenvalue weighted by molar-refractivity contribution is -0.116. The highest BCUT2D eigenvalue weighted by Gasteiger charge is 2.02. The van der Waals surface area contributed by atoms with Crippen molar-refractivity contribution in [1.29, 1.82) is 0 Å². The van der Waals surface area contributed by atoms with E-state index in [-0.39, 0.29) is 5.91 Å². The van der Waals surface area contributed by atoms with Crippen LogP contribution < -0.4 is 5.32 Å². The maximum absolute atomic E-state index is 11.6. The van der Waals surface area contributed by atoms with Crippen molar-refractivity contribution >= 4 is 5.91 Å². The molecule has 1 amide bonds. The Bertz CT molecular complexity index is 418. The van der Waals surface area contributed by atoms with Gasteiger partial charge in [-0.2, -0.15) is 0 Å². The lowest BCUT2D eigenvalue weighted by Gasteiger charge is -2.02. The molecule has 0 bridgehead atoms. The molecule has 1 aromatic carbocycles. The first-order valence-electron chi connectivity index (χ1n) is 5.53. The fraction of sp³-hybridized carbons (Fsp3) is 0.214. The molecule has 0 unspecified atom stereocenters. The van der Waals surface area contributed by atoms with E-state index in [4.69, 9.17) is 0 Å². The Labute approximate surface area is 95.7 Å². The molecule has 0 saturated carbocycles. The molecule has 0 saturated heterocycles. The van der Waals surface area contributed by atoms with Crippen LogP contribution in [0.2, 0.25) is 0 Å². The topological polar surface area (TPSA) is 29.1 Å². The Hall–Kier alpha value is -1.83. The Morgan fingerprint density at radius 1 is 1.31 bits per heavy atom. The van der Waals surface area contributed by atoms with E-state index in [0.717, 1.165) is 24.0 Å².